The molecule has 4 rings (SSSR count). The number of thiocarbonyl (C=S) groups is 1. The van der Waals surface area contributed by atoms with Crippen LogP contribution < -0.4 is 15.4 Å². The SMILES string of the molecule is O=C1NC(=S)NC(=O)C1=Cc1cn(CCOc2ccc(Br)cc2)c2ccccc12. The zero-order valence-electron chi connectivity index (χ0n) is 15.1. The molecule has 1 aromatic heterocycles. The van der Waals surface area contributed by atoms with Crippen molar-refractivity contribution < 1.29 is 14.3 Å². The van der Waals surface area contributed by atoms with Crippen molar-refractivity contribution in [3.63, 3.8) is 0 Å². The minimum Gasteiger partial charge on any atom is -0.492 e. The van der Waals surface area contributed by atoms with E-state index in [2.05, 4.69) is 26.6 Å². The van der Waals surface area contributed by atoms with Gasteiger partial charge in [-0.05, 0) is 48.6 Å². The molecule has 1 aliphatic heterocycles. The molecule has 0 radical (unpaired) electrons. The van der Waals surface area contributed by atoms with Gasteiger partial charge >= 0.3 is 0 Å². The topological polar surface area (TPSA) is 72.4 Å². The summed E-state index contributed by atoms with van der Waals surface area (Å²) in [7, 11) is 0. The molecule has 1 aliphatic rings. The highest BCUT2D eigenvalue weighted by atomic mass is 79.9. The Labute approximate surface area is 180 Å². The summed E-state index contributed by atoms with van der Waals surface area (Å²) in [6, 6.07) is 15.5. The molecule has 29 heavy (non-hydrogen) atoms. The largest absolute Gasteiger partial charge is 0.492 e. The summed E-state index contributed by atoms with van der Waals surface area (Å²) in [5, 5.41) is 5.87. The molecule has 0 spiro atoms. The fourth-order valence-corrected chi connectivity index (χ4v) is 3.58. The highest BCUT2D eigenvalue weighted by Crippen LogP contribution is 2.24. The molecule has 1 fully saturated rings. The fraction of sp³-hybridized carbons (Fsp3) is 0.0952. The second kappa shape index (κ2) is 8.18. The van der Waals surface area contributed by atoms with Crippen LogP contribution in [0.2, 0.25) is 0 Å². The van der Waals surface area contributed by atoms with E-state index >= 15 is 0 Å². The molecule has 2 amide bonds. The molecule has 2 N–H and O–H groups in total. The maximum atomic E-state index is 12.2. The van der Waals surface area contributed by atoms with E-state index in [-0.39, 0.29) is 10.7 Å². The van der Waals surface area contributed by atoms with Gasteiger partial charge in [-0.3, -0.25) is 20.2 Å². The van der Waals surface area contributed by atoms with Gasteiger partial charge < -0.3 is 9.30 Å². The molecule has 1 saturated heterocycles. The van der Waals surface area contributed by atoms with E-state index in [9.17, 15) is 9.59 Å². The molecule has 2 aromatic carbocycles. The second-order valence-electron chi connectivity index (χ2n) is 6.39. The zero-order chi connectivity index (χ0) is 20.4. The van der Waals surface area contributed by atoms with Crippen LogP contribution in [0.3, 0.4) is 0 Å². The van der Waals surface area contributed by atoms with Crippen molar-refractivity contribution in [1.82, 2.24) is 15.2 Å². The molecule has 2 heterocycles. The number of fused-ring (bicyclic) bond motifs is 1. The first kappa shape index (κ1) is 19.4. The number of aromatic nitrogens is 1. The molecule has 0 aliphatic carbocycles. The first-order valence-electron chi connectivity index (χ1n) is 8.86. The van der Waals surface area contributed by atoms with Crippen molar-refractivity contribution >= 4 is 62.1 Å². The first-order valence-corrected chi connectivity index (χ1v) is 10.1. The van der Waals surface area contributed by atoms with Crippen LogP contribution in [0.4, 0.5) is 0 Å². The summed E-state index contributed by atoms with van der Waals surface area (Å²) >= 11 is 8.25. The number of nitrogens with zero attached hydrogens (tertiary/aromatic N) is 1. The van der Waals surface area contributed by atoms with Crippen molar-refractivity contribution in [2.75, 3.05) is 6.61 Å². The summed E-state index contributed by atoms with van der Waals surface area (Å²) < 4.78 is 8.86. The van der Waals surface area contributed by atoms with E-state index in [1.54, 1.807) is 6.08 Å². The Kier molecular flexibility index (Phi) is 5.46. The third-order valence-corrected chi connectivity index (χ3v) is 5.21. The second-order valence-corrected chi connectivity index (χ2v) is 7.72. The number of hydrogen-bond donors (Lipinski definition) is 2. The smallest absolute Gasteiger partial charge is 0.263 e. The number of amides is 2. The lowest BCUT2D eigenvalue weighted by Crippen LogP contribution is -2.51. The van der Waals surface area contributed by atoms with Crippen molar-refractivity contribution in [3.05, 3.63) is 70.3 Å². The van der Waals surface area contributed by atoms with Gasteiger partial charge in [-0.1, -0.05) is 34.1 Å². The standard InChI is InChI=1S/C21H16BrN3O3S/c22-14-5-7-15(8-6-14)28-10-9-25-12-13(16-3-1-2-4-18(16)25)11-17-19(26)23-21(29)24-20(17)27/h1-8,11-12H,9-10H2,(H2,23,24,26,27,29). The van der Waals surface area contributed by atoms with Crippen LogP contribution in [0.25, 0.3) is 17.0 Å². The lowest BCUT2D eigenvalue weighted by Gasteiger charge is -2.16. The van der Waals surface area contributed by atoms with Crippen molar-refractivity contribution in [1.29, 1.82) is 0 Å². The van der Waals surface area contributed by atoms with Crippen molar-refractivity contribution in [3.8, 4) is 5.75 Å². The quantitative estimate of drug-likeness (QED) is 0.341. The molecule has 0 unspecified atom stereocenters. The molecule has 0 saturated carbocycles. The highest BCUT2D eigenvalue weighted by molar-refractivity contribution is 9.10. The average molecular weight is 470 g/mol. The molecule has 3 aromatic rings. The summed E-state index contributed by atoms with van der Waals surface area (Å²) in [4.78, 5) is 24.3. The van der Waals surface area contributed by atoms with E-state index in [0.29, 0.717) is 13.2 Å². The summed E-state index contributed by atoms with van der Waals surface area (Å²) in [5.41, 5.74) is 1.79. The monoisotopic (exact) mass is 469 g/mol. The summed E-state index contributed by atoms with van der Waals surface area (Å²) in [5.74, 6) is -0.221. The maximum Gasteiger partial charge on any atom is 0.263 e. The normalized spacial score (nSPS) is 14.0. The molecular formula is C21H16BrN3O3S. The van der Waals surface area contributed by atoms with Crippen molar-refractivity contribution in [2.24, 2.45) is 0 Å². The third kappa shape index (κ3) is 4.23. The lowest BCUT2D eigenvalue weighted by molar-refractivity contribution is -0.123. The van der Waals surface area contributed by atoms with E-state index in [1.807, 2.05) is 59.3 Å². The zero-order valence-corrected chi connectivity index (χ0v) is 17.5. The Morgan fingerprint density at radius 1 is 1.03 bits per heavy atom. The van der Waals surface area contributed by atoms with Gasteiger partial charge in [0.15, 0.2) is 5.11 Å². The number of rotatable bonds is 5. The molecule has 6 nitrogen and oxygen atoms in total. The Morgan fingerprint density at radius 3 is 2.45 bits per heavy atom. The van der Waals surface area contributed by atoms with Gasteiger partial charge in [0.2, 0.25) is 0 Å². The molecule has 0 bridgehead atoms. The number of halogens is 1. The third-order valence-electron chi connectivity index (χ3n) is 4.48. The molecule has 8 heteroatoms. The Hall–Kier alpha value is -2.97. The van der Waals surface area contributed by atoms with Crippen LogP contribution in [0, 0.1) is 0 Å². The number of ether oxygens (including phenoxy) is 1. The fourth-order valence-electron chi connectivity index (χ4n) is 3.13. The van der Waals surface area contributed by atoms with Gasteiger partial charge in [-0.2, -0.15) is 0 Å². The Bertz CT molecular complexity index is 1130. The van der Waals surface area contributed by atoms with Crippen LogP contribution in [0.1, 0.15) is 5.56 Å². The minimum atomic E-state index is -0.505. The van der Waals surface area contributed by atoms with Gasteiger partial charge in [-0.25, -0.2) is 0 Å². The Balaban J connectivity index is 1.59. The van der Waals surface area contributed by atoms with Crippen molar-refractivity contribution in [2.45, 2.75) is 6.54 Å². The van der Waals surface area contributed by atoms with Gasteiger partial charge in [-0.15, -0.1) is 0 Å². The minimum absolute atomic E-state index is 0.0182. The lowest BCUT2D eigenvalue weighted by atomic mass is 10.1. The summed E-state index contributed by atoms with van der Waals surface area (Å²) in [6.07, 6.45) is 3.50. The van der Waals surface area contributed by atoms with E-state index < -0.39 is 11.8 Å². The predicted octanol–water partition coefficient (Wildman–Crippen LogP) is 3.40. The number of carbonyl (C=O) groups is 2. The first-order chi connectivity index (χ1) is 14.0. The van der Waals surface area contributed by atoms with Crippen LogP contribution in [0.5, 0.6) is 5.75 Å². The van der Waals surface area contributed by atoms with E-state index in [0.717, 1.165) is 26.7 Å². The number of benzene rings is 2. The maximum absolute atomic E-state index is 12.2. The van der Waals surface area contributed by atoms with E-state index in [1.165, 1.54) is 0 Å². The summed E-state index contributed by atoms with van der Waals surface area (Å²) in [6.45, 7) is 1.09. The predicted molar refractivity (Wildman–Crippen MR) is 118 cm³/mol. The Morgan fingerprint density at radius 2 is 1.72 bits per heavy atom. The van der Waals surface area contributed by atoms with E-state index in [4.69, 9.17) is 17.0 Å². The number of hydrogen-bond acceptors (Lipinski definition) is 4. The van der Waals surface area contributed by atoms with Gasteiger partial charge in [0.1, 0.15) is 17.9 Å². The molecular weight excluding hydrogens is 454 g/mol. The van der Waals surface area contributed by atoms with Gasteiger partial charge in [0.05, 0.1) is 6.54 Å². The van der Waals surface area contributed by atoms with Gasteiger partial charge in [0.25, 0.3) is 11.8 Å². The van der Waals surface area contributed by atoms with Crippen LogP contribution in [0.15, 0.2) is 64.8 Å². The van der Waals surface area contributed by atoms with Crippen LogP contribution in [-0.2, 0) is 16.1 Å². The highest BCUT2D eigenvalue weighted by Gasteiger charge is 2.26. The van der Waals surface area contributed by atoms with Gasteiger partial charge in [0, 0.05) is 27.1 Å². The molecule has 146 valence electrons. The number of carbonyl (C=O) groups excluding carboxylic acids is 2. The van der Waals surface area contributed by atoms with Crippen LogP contribution in [-0.4, -0.2) is 28.1 Å². The molecule has 0 atom stereocenters. The average Bonchev–Trinajstić information content (AvgIpc) is 3.04. The number of nitrogens with one attached hydrogen (secondary N) is 2. The number of para-hydroxylation sites is 1. The van der Waals surface area contributed by atoms with Crippen LogP contribution >= 0.6 is 28.1 Å².